The Balaban J connectivity index is 2.95. The van der Waals surface area contributed by atoms with Crippen LogP contribution >= 0.6 is 0 Å². The minimum Gasteiger partial charge on any atom is -0.466 e. The molecule has 1 aromatic rings. The number of esters is 2. The van der Waals surface area contributed by atoms with Crippen LogP contribution in [0.4, 0.5) is 26.3 Å². The molecule has 0 radical (unpaired) electrons. The number of hydrogen-bond donors (Lipinski definition) is 3. The van der Waals surface area contributed by atoms with E-state index in [2.05, 4.69) is 9.47 Å². The van der Waals surface area contributed by atoms with Crippen molar-refractivity contribution in [3.8, 4) is 0 Å². The molecule has 1 fully saturated rings. The maximum atomic E-state index is 14.0. The van der Waals surface area contributed by atoms with Gasteiger partial charge in [0, 0.05) is 5.92 Å². The van der Waals surface area contributed by atoms with Gasteiger partial charge < -0.3 is 19.7 Å². The van der Waals surface area contributed by atoms with E-state index >= 15 is 0 Å². The molecule has 33 heavy (non-hydrogen) atoms. The minimum absolute atomic E-state index is 0.358. The molecule has 0 saturated carbocycles. The van der Waals surface area contributed by atoms with Crippen LogP contribution in [0.15, 0.2) is 24.3 Å². The number of carbonyl (C=O) groups excluding carboxylic acids is 2. The minimum atomic E-state index is -5.91. The lowest BCUT2D eigenvalue weighted by Crippen LogP contribution is -2.81. The predicted octanol–water partition coefficient (Wildman–Crippen LogP) is 2.54. The molecule has 7 nitrogen and oxygen atoms in total. The summed E-state index contributed by atoms with van der Waals surface area (Å²) >= 11 is 0. The number of ether oxygens (including phenoxy) is 2. The summed E-state index contributed by atoms with van der Waals surface area (Å²) in [5.74, 6) is -11.4. The van der Waals surface area contributed by atoms with E-state index in [1.807, 2.05) is 0 Å². The molecule has 1 aliphatic rings. The third kappa shape index (κ3) is 4.66. The molecular weight excluding hydrogens is 464 g/mol. The van der Waals surface area contributed by atoms with Crippen LogP contribution in [-0.2, 0) is 19.1 Å². The Morgan fingerprint density at radius 2 is 1.24 bits per heavy atom. The van der Waals surface area contributed by atoms with E-state index in [1.54, 1.807) is 6.92 Å². The molecule has 1 saturated heterocycles. The molecule has 3 N–H and O–H groups in total. The number of hydrogen-bond acceptors (Lipinski definition) is 7. The summed E-state index contributed by atoms with van der Waals surface area (Å²) in [6, 6.07) is 4.83. The molecule has 1 heterocycles. The van der Waals surface area contributed by atoms with Gasteiger partial charge in [0.1, 0.15) is 11.8 Å². The van der Waals surface area contributed by atoms with E-state index in [1.165, 1.54) is 26.0 Å². The van der Waals surface area contributed by atoms with Crippen LogP contribution in [0.25, 0.3) is 0 Å². The Kier molecular flexibility index (Phi) is 7.41. The van der Waals surface area contributed by atoms with Crippen LogP contribution in [0.5, 0.6) is 0 Å². The molecule has 1 unspecified atom stereocenters. The van der Waals surface area contributed by atoms with Crippen molar-refractivity contribution in [3.63, 3.8) is 0 Å². The lowest BCUT2D eigenvalue weighted by molar-refractivity contribution is -0.376. The van der Waals surface area contributed by atoms with Gasteiger partial charge in [0.05, 0.1) is 13.2 Å². The Morgan fingerprint density at radius 1 is 0.879 bits per heavy atom. The summed E-state index contributed by atoms with van der Waals surface area (Å²) in [6.45, 7) is 3.10. The van der Waals surface area contributed by atoms with Crippen molar-refractivity contribution in [2.24, 2.45) is 11.8 Å². The first-order valence-electron chi connectivity index (χ1n) is 9.82. The first-order valence-corrected chi connectivity index (χ1v) is 9.82. The van der Waals surface area contributed by atoms with Gasteiger partial charge in [-0.2, -0.15) is 26.3 Å². The first kappa shape index (κ1) is 26.9. The lowest BCUT2D eigenvalue weighted by atomic mass is 9.64. The molecule has 0 aliphatic carbocycles. The molecular formula is C20H23F6NO6. The SMILES string of the molecule is CCOC(=O)[C@@H]1C(c2ccc(C)cc2)[C@H](C(=O)OCC)[C@@](O)(C(F)(F)F)N[C@@]1(O)C(F)(F)F. The number of carbonyl (C=O) groups is 2. The summed E-state index contributed by atoms with van der Waals surface area (Å²) in [7, 11) is 0. The smallest absolute Gasteiger partial charge is 0.432 e. The van der Waals surface area contributed by atoms with Crippen molar-refractivity contribution in [1.82, 2.24) is 5.32 Å². The van der Waals surface area contributed by atoms with Gasteiger partial charge in [0.25, 0.3) is 0 Å². The highest BCUT2D eigenvalue weighted by molar-refractivity contribution is 5.81. The average Bonchev–Trinajstić information content (AvgIpc) is 2.66. The zero-order valence-corrected chi connectivity index (χ0v) is 17.8. The molecule has 5 atom stereocenters. The zero-order chi connectivity index (χ0) is 25.4. The molecule has 0 spiro atoms. The van der Waals surface area contributed by atoms with Crippen molar-refractivity contribution in [2.75, 3.05) is 13.2 Å². The normalized spacial score (nSPS) is 30.6. The monoisotopic (exact) mass is 487 g/mol. The van der Waals surface area contributed by atoms with Crippen molar-refractivity contribution in [1.29, 1.82) is 0 Å². The zero-order valence-electron chi connectivity index (χ0n) is 17.8. The summed E-state index contributed by atoms with van der Waals surface area (Å²) < 4.78 is 93.4. The van der Waals surface area contributed by atoms with Crippen LogP contribution in [-0.4, -0.2) is 59.2 Å². The van der Waals surface area contributed by atoms with E-state index in [4.69, 9.17) is 0 Å². The molecule has 1 aromatic carbocycles. The second-order valence-corrected chi connectivity index (χ2v) is 7.55. The number of aryl methyl sites for hydroxylation is 1. The fraction of sp³-hybridized carbons (Fsp3) is 0.600. The number of nitrogens with one attached hydrogen (secondary N) is 1. The molecule has 0 amide bonds. The largest absolute Gasteiger partial charge is 0.466 e. The van der Waals surface area contributed by atoms with Gasteiger partial charge in [0.15, 0.2) is 0 Å². The first-order chi connectivity index (χ1) is 15.0. The third-order valence-corrected chi connectivity index (χ3v) is 5.41. The fourth-order valence-corrected chi connectivity index (χ4v) is 3.92. The molecule has 186 valence electrons. The van der Waals surface area contributed by atoms with Crippen molar-refractivity contribution in [2.45, 2.75) is 50.5 Å². The fourth-order valence-electron chi connectivity index (χ4n) is 3.92. The Labute approximate surface area is 184 Å². The number of benzene rings is 1. The Bertz CT molecular complexity index is 825. The maximum Gasteiger partial charge on any atom is 0.432 e. The predicted molar refractivity (Wildman–Crippen MR) is 99.3 cm³/mol. The number of aliphatic hydroxyl groups is 2. The van der Waals surface area contributed by atoms with E-state index in [-0.39, 0.29) is 5.56 Å². The van der Waals surface area contributed by atoms with Crippen LogP contribution in [0, 0.1) is 18.8 Å². The highest BCUT2D eigenvalue weighted by atomic mass is 19.4. The Morgan fingerprint density at radius 3 is 1.55 bits per heavy atom. The summed E-state index contributed by atoms with van der Waals surface area (Å²) in [4.78, 5) is 25.3. The highest BCUT2D eigenvalue weighted by Crippen LogP contribution is 2.55. The number of rotatable bonds is 5. The molecule has 0 bridgehead atoms. The van der Waals surface area contributed by atoms with Gasteiger partial charge in [-0.05, 0) is 26.3 Å². The van der Waals surface area contributed by atoms with Crippen LogP contribution < -0.4 is 5.32 Å². The standard InChI is InChI=1S/C20H23F6NO6/c1-4-32-15(28)13-12(11-8-6-10(3)7-9-11)14(16(29)33-5-2)18(31,20(24,25)26)27-17(13,30)19(21,22)23/h6-9,12-14,27,30-31H,4-5H2,1-3H3/t12?,13-,14+,17-,18+. The van der Waals surface area contributed by atoms with Crippen LogP contribution in [0.2, 0.25) is 0 Å². The van der Waals surface area contributed by atoms with Crippen LogP contribution in [0.3, 0.4) is 0 Å². The number of halogens is 6. The highest BCUT2D eigenvalue weighted by Gasteiger charge is 2.78. The van der Waals surface area contributed by atoms with Crippen molar-refractivity contribution >= 4 is 11.9 Å². The average molecular weight is 487 g/mol. The Hall–Kier alpha value is -2.38. The molecule has 13 heteroatoms. The summed E-state index contributed by atoms with van der Waals surface area (Å²) in [5.41, 5.74) is -9.04. The third-order valence-electron chi connectivity index (χ3n) is 5.41. The van der Waals surface area contributed by atoms with Crippen molar-refractivity contribution < 1.29 is 55.6 Å². The van der Waals surface area contributed by atoms with E-state index in [9.17, 15) is 46.1 Å². The molecule has 0 aromatic heterocycles. The summed E-state index contributed by atoms with van der Waals surface area (Å²) in [6.07, 6.45) is -11.8. The molecule has 2 rings (SSSR count). The van der Waals surface area contributed by atoms with Gasteiger partial charge >= 0.3 is 24.3 Å². The number of piperidine rings is 1. The summed E-state index contributed by atoms with van der Waals surface area (Å²) in [5, 5.41) is 21.8. The topological polar surface area (TPSA) is 105 Å². The second kappa shape index (κ2) is 9.11. The van der Waals surface area contributed by atoms with Gasteiger partial charge in [-0.15, -0.1) is 0 Å². The van der Waals surface area contributed by atoms with Gasteiger partial charge in [-0.3, -0.25) is 9.59 Å². The van der Waals surface area contributed by atoms with Crippen LogP contribution in [0.1, 0.15) is 30.9 Å². The maximum absolute atomic E-state index is 14.0. The second-order valence-electron chi connectivity index (χ2n) is 7.55. The van der Waals surface area contributed by atoms with Gasteiger partial charge in [-0.1, -0.05) is 29.8 Å². The molecule has 1 aliphatic heterocycles. The lowest BCUT2D eigenvalue weighted by Gasteiger charge is -2.54. The van der Waals surface area contributed by atoms with E-state index in [0.29, 0.717) is 5.56 Å². The van der Waals surface area contributed by atoms with E-state index in [0.717, 1.165) is 17.4 Å². The van der Waals surface area contributed by atoms with Gasteiger partial charge in [0.2, 0.25) is 11.4 Å². The number of alkyl halides is 6. The van der Waals surface area contributed by atoms with Gasteiger partial charge in [-0.25, -0.2) is 5.32 Å². The van der Waals surface area contributed by atoms with Crippen molar-refractivity contribution in [3.05, 3.63) is 35.4 Å². The van der Waals surface area contributed by atoms with E-state index < -0.39 is 66.7 Å². The quantitative estimate of drug-likeness (QED) is 0.433.